The van der Waals surface area contributed by atoms with Crippen LogP contribution in [0, 0.1) is 5.92 Å². The number of carbonyl (C=O) groups is 1. The lowest BCUT2D eigenvalue weighted by molar-refractivity contribution is 0.0406. The van der Waals surface area contributed by atoms with E-state index in [1.165, 1.54) is 0 Å². The Hall–Kier alpha value is -0.810. The molecule has 2 aliphatic rings. The second-order valence-corrected chi connectivity index (χ2v) is 5.84. The van der Waals surface area contributed by atoms with Gasteiger partial charge >= 0.3 is 6.03 Å². The van der Waals surface area contributed by atoms with Crippen LogP contribution in [0.15, 0.2) is 0 Å². The van der Waals surface area contributed by atoms with E-state index in [-0.39, 0.29) is 12.1 Å². The average Bonchev–Trinajstić information content (AvgIpc) is 2.33. The fourth-order valence-electron chi connectivity index (χ4n) is 2.76. The van der Waals surface area contributed by atoms with Crippen LogP contribution in [0.4, 0.5) is 4.79 Å². The lowest BCUT2D eigenvalue weighted by Crippen LogP contribution is -2.49. The first-order valence-corrected chi connectivity index (χ1v) is 6.94. The standard InChI is InChI=1S/C13H25N3O2/c1-15(2)13(18)16-5-3-11(4-6-16)14-9-10-7-12(17)8-10/h10-12,14,17H,3-9H2,1-2H3. The number of likely N-dealkylation sites (tertiary alicyclic amines) is 1. The molecule has 0 spiro atoms. The van der Waals surface area contributed by atoms with Crippen LogP contribution in [0.25, 0.3) is 0 Å². The Morgan fingerprint density at radius 3 is 2.44 bits per heavy atom. The van der Waals surface area contributed by atoms with Gasteiger partial charge in [0, 0.05) is 33.2 Å². The second kappa shape index (κ2) is 5.89. The number of aliphatic hydroxyl groups is 1. The van der Waals surface area contributed by atoms with Gasteiger partial charge in [-0.25, -0.2) is 4.79 Å². The summed E-state index contributed by atoms with van der Waals surface area (Å²) >= 11 is 0. The molecule has 0 atom stereocenters. The van der Waals surface area contributed by atoms with Gasteiger partial charge in [-0.05, 0) is 38.1 Å². The Balaban J connectivity index is 1.63. The van der Waals surface area contributed by atoms with E-state index in [9.17, 15) is 9.90 Å². The van der Waals surface area contributed by atoms with E-state index >= 15 is 0 Å². The van der Waals surface area contributed by atoms with Crippen molar-refractivity contribution in [3.63, 3.8) is 0 Å². The molecule has 0 unspecified atom stereocenters. The minimum absolute atomic E-state index is 0.0589. The molecule has 2 N–H and O–H groups in total. The summed E-state index contributed by atoms with van der Waals surface area (Å²) in [5, 5.41) is 12.8. The van der Waals surface area contributed by atoms with E-state index < -0.39 is 0 Å². The van der Waals surface area contributed by atoms with Crippen molar-refractivity contribution in [2.75, 3.05) is 33.7 Å². The Labute approximate surface area is 109 Å². The van der Waals surface area contributed by atoms with Crippen molar-refractivity contribution in [1.82, 2.24) is 15.1 Å². The highest BCUT2D eigenvalue weighted by Gasteiger charge is 2.28. The predicted octanol–water partition coefficient (Wildman–Crippen LogP) is 0.493. The fourth-order valence-corrected chi connectivity index (χ4v) is 2.76. The molecular formula is C13H25N3O2. The quantitative estimate of drug-likeness (QED) is 0.772. The maximum Gasteiger partial charge on any atom is 0.319 e. The third-order valence-corrected chi connectivity index (χ3v) is 4.05. The molecule has 5 heteroatoms. The number of nitrogens with one attached hydrogen (secondary N) is 1. The first-order valence-electron chi connectivity index (χ1n) is 6.94. The van der Waals surface area contributed by atoms with Gasteiger partial charge in [0.05, 0.1) is 6.10 Å². The highest BCUT2D eigenvalue weighted by molar-refractivity contribution is 5.73. The number of rotatable bonds is 3. The van der Waals surface area contributed by atoms with Crippen LogP contribution in [-0.2, 0) is 0 Å². The first-order chi connectivity index (χ1) is 8.56. The number of hydrogen-bond acceptors (Lipinski definition) is 3. The maximum atomic E-state index is 11.8. The molecule has 0 aromatic heterocycles. The highest BCUT2D eigenvalue weighted by atomic mass is 16.3. The van der Waals surface area contributed by atoms with Gasteiger partial charge < -0.3 is 20.2 Å². The van der Waals surface area contributed by atoms with Gasteiger partial charge in [0.15, 0.2) is 0 Å². The van der Waals surface area contributed by atoms with Crippen LogP contribution in [0.1, 0.15) is 25.7 Å². The minimum Gasteiger partial charge on any atom is -0.393 e. The number of urea groups is 1. The second-order valence-electron chi connectivity index (χ2n) is 5.84. The summed E-state index contributed by atoms with van der Waals surface area (Å²) < 4.78 is 0. The van der Waals surface area contributed by atoms with Gasteiger partial charge in [-0.2, -0.15) is 0 Å². The summed E-state index contributed by atoms with van der Waals surface area (Å²) in [6, 6.07) is 0.657. The van der Waals surface area contributed by atoms with Gasteiger partial charge in [-0.1, -0.05) is 0 Å². The molecule has 0 aromatic carbocycles. The van der Waals surface area contributed by atoms with Gasteiger partial charge in [-0.15, -0.1) is 0 Å². The molecule has 1 heterocycles. The normalized spacial score (nSPS) is 28.9. The maximum absolute atomic E-state index is 11.8. The molecular weight excluding hydrogens is 230 g/mol. The molecule has 2 amide bonds. The molecule has 18 heavy (non-hydrogen) atoms. The molecule has 104 valence electrons. The number of amides is 2. The molecule has 5 nitrogen and oxygen atoms in total. The van der Waals surface area contributed by atoms with Crippen LogP contribution in [0.3, 0.4) is 0 Å². The Morgan fingerprint density at radius 1 is 1.33 bits per heavy atom. The van der Waals surface area contributed by atoms with E-state index in [1.54, 1.807) is 19.0 Å². The fraction of sp³-hybridized carbons (Fsp3) is 0.923. The lowest BCUT2D eigenvalue weighted by atomic mass is 9.82. The minimum atomic E-state index is -0.0589. The molecule has 2 fully saturated rings. The van der Waals surface area contributed by atoms with Crippen molar-refractivity contribution in [1.29, 1.82) is 0 Å². The monoisotopic (exact) mass is 255 g/mol. The van der Waals surface area contributed by atoms with Gasteiger partial charge in [0.2, 0.25) is 0 Å². The molecule has 1 aliphatic heterocycles. The molecule has 1 saturated heterocycles. The zero-order valence-corrected chi connectivity index (χ0v) is 11.4. The average molecular weight is 255 g/mol. The van der Waals surface area contributed by atoms with Crippen LogP contribution in [-0.4, -0.2) is 66.8 Å². The summed E-state index contributed by atoms with van der Waals surface area (Å²) in [5.41, 5.74) is 0. The molecule has 2 rings (SSSR count). The topological polar surface area (TPSA) is 55.8 Å². The molecule has 1 aliphatic carbocycles. The van der Waals surface area contributed by atoms with E-state index in [0.29, 0.717) is 12.0 Å². The van der Waals surface area contributed by atoms with E-state index in [0.717, 1.165) is 45.3 Å². The molecule has 0 radical (unpaired) electrons. The van der Waals surface area contributed by atoms with Crippen LogP contribution >= 0.6 is 0 Å². The number of aliphatic hydroxyl groups excluding tert-OH is 1. The van der Waals surface area contributed by atoms with Gasteiger partial charge in [0.1, 0.15) is 0 Å². The van der Waals surface area contributed by atoms with Crippen LogP contribution in [0.5, 0.6) is 0 Å². The summed E-state index contributed by atoms with van der Waals surface area (Å²) in [4.78, 5) is 15.3. The Bertz CT molecular complexity index is 282. The van der Waals surface area contributed by atoms with E-state index in [1.807, 2.05) is 4.90 Å². The largest absolute Gasteiger partial charge is 0.393 e. The van der Waals surface area contributed by atoms with Crippen molar-refractivity contribution in [2.45, 2.75) is 37.8 Å². The smallest absolute Gasteiger partial charge is 0.319 e. The Morgan fingerprint density at radius 2 is 1.94 bits per heavy atom. The SMILES string of the molecule is CN(C)C(=O)N1CCC(NCC2CC(O)C2)CC1. The first kappa shape index (κ1) is 13.6. The number of carbonyl (C=O) groups excluding carboxylic acids is 1. The Kier molecular flexibility index (Phi) is 4.45. The number of hydrogen-bond donors (Lipinski definition) is 2. The van der Waals surface area contributed by atoms with Crippen molar-refractivity contribution in [3.05, 3.63) is 0 Å². The van der Waals surface area contributed by atoms with Crippen molar-refractivity contribution >= 4 is 6.03 Å². The summed E-state index contributed by atoms with van der Waals surface area (Å²) in [7, 11) is 3.60. The number of piperidine rings is 1. The lowest BCUT2D eigenvalue weighted by Gasteiger charge is -2.36. The summed E-state index contributed by atoms with van der Waals surface area (Å²) in [6.07, 6.45) is 3.91. The van der Waals surface area contributed by atoms with E-state index in [2.05, 4.69) is 5.32 Å². The summed E-state index contributed by atoms with van der Waals surface area (Å²) in [5.74, 6) is 0.654. The highest BCUT2D eigenvalue weighted by Crippen LogP contribution is 2.26. The number of nitrogens with zero attached hydrogens (tertiary/aromatic N) is 2. The van der Waals surface area contributed by atoms with Crippen molar-refractivity contribution < 1.29 is 9.90 Å². The van der Waals surface area contributed by atoms with E-state index in [4.69, 9.17) is 0 Å². The van der Waals surface area contributed by atoms with Crippen molar-refractivity contribution in [3.8, 4) is 0 Å². The zero-order chi connectivity index (χ0) is 13.1. The van der Waals surface area contributed by atoms with Crippen molar-refractivity contribution in [2.24, 2.45) is 5.92 Å². The molecule has 0 bridgehead atoms. The molecule has 1 saturated carbocycles. The zero-order valence-electron chi connectivity index (χ0n) is 11.4. The summed E-state index contributed by atoms with van der Waals surface area (Å²) in [6.45, 7) is 2.72. The van der Waals surface area contributed by atoms with Gasteiger partial charge in [0.25, 0.3) is 0 Å². The molecule has 0 aromatic rings. The third-order valence-electron chi connectivity index (χ3n) is 4.05. The van der Waals surface area contributed by atoms with Crippen LogP contribution < -0.4 is 5.32 Å². The van der Waals surface area contributed by atoms with Gasteiger partial charge in [-0.3, -0.25) is 0 Å². The predicted molar refractivity (Wildman–Crippen MR) is 70.4 cm³/mol. The van der Waals surface area contributed by atoms with Crippen LogP contribution in [0.2, 0.25) is 0 Å². The third kappa shape index (κ3) is 3.36.